The monoisotopic (exact) mass is 382 g/mol. The van der Waals surface area contributed by atoms with Crippen LogP contribution in [0.15, 0.2) is 29.4 Å². The summed E-state index contributed by atoms with van der Waals surface area (Å²) in [5.74, 6) is -0.0103. The Morgan fingerprint density at radius 2 is 2.12 bits per heavy atom. The number of ether oxygens (including phenoxy) is 1. The van der Waals surface area contributed by atoms with Gasteiger partial charge < -0.3 is 9.64 Å². The van der Waals surface area contributed by atoms with E-state index in [-0.39, 0.29) is 16.8 Å². The Morgan fingerprint density at radius 1 is 1.35 bits per heavy atom. The molecule has 26 heavy (non-hydrogen) atoms. The first-order valence-corrected chi connectivity index (χ1v) is 10.4. The lowest BCUT2D eigenvalue weighted by molar-refractivity contribution is -0.131. The maximum atomic E-state index is 12.7. The molecule has 0 bridgehead atoms. The van der Waals surface area contributed by atoms with Gasteiger partial charge in [-0.25, -0.2) is 8.42 Å². The molecule has 2 aliphatic rings. The summed E-state index contributed by atoms with van der Waals surface area (Å²) in [4.78, 5) is 20.3. The summed E-state index contributed by atoms with van der Waals surface area (Å²) in [5, 5.41) is 0. The standard InChI is InChI=1S/C17H26N4O4S/c1-15(22)21(8-7-19-9-11-25-12-10-19)16-4-6-20(14-16)26(23,24)17-3-2-5-18-13-17/h2-3,5,13,16H,4,6-12,14H2,1H3. The molecule has 2 saturated heterocycles. The molecule has 1 amide bonds. The van der Waals surface area contributed by atoms with Crippen LogP contribution in [0.3, 0.4) is 0 Å². The Kier molecular flexibility index (Phi) is 6.23. The molecule has 144 valence electrons. The van der Waals surface area contributed by atoms with Gasteiger partial charge in [-0.3, -0.25) is 14.7 Å². The molecule has 2 aliphatic heterocycles. The predicted molar refractivity (Wildman–Crippen MR) is 96.0 cm³/mol. The van der Waals surface area contributed by atoms with E-state index in [4.69, 9.17) is 4.74 Å². The van der Waals surface area contributed by atoms with Gasteiger partial charge in [0.1, 0.15) is 4.90 Å². The lowest BCUT2D eigenvalue weighted by atomic mass is 10.2. The number of hydrogen-bond donors (Lipinski definition) is 0. The highest BCUT2D eigenvalue weighted by Gasteiger charge is 2.36. The zero-order valence-electron chi connectivity index (χ0n) is 15.1. The first-order chi connectivity index (χ1) is 12.5. The number of aromatic nitrogens is 1. The van der Waals surface area contributed by atoms with Crippen LogP contribution in [0.2, 0.25) is 0 Å². The predicted octanol–water partition coefficient (Wildman–Crippen LogP) is 0.0253. The molecule has 0 spiro atoms. The number of nitrogens with zero attached hydrogens (tertiary/aromatic N) is 4. The van der Waals surface area contributed by atoms with E-state index in [0.717, 1.165) is 32.8 Å². The van der Waals surface area contributed by atoms with Crippen molar-refractivity contribution in [2.45, 2.75) is 24.3 Å². The minimum absolute atomic E-state index is 0.0103. The molecular formula is C17H26N4O4S. The number of carbonyl (C=O) groups is 1. The van der Waals surface area contributed by atoms with Gasteiger partial charge in [-0.05, 0) is 18.6 Å². The molecule has 0 radical (unpaired) electrons. The number of morpholine rings is 1. The third-order valence-corrected chi connectivity index (χ3v) is 6.85. The van der Waals surface area contributed by atoms with Crippen LogP contribution in [0, 0.1) is 0 Å². The molecule has 1 aromatic rings. The van der Waals surface area contributed by atoms with E-state index in [1.807, 2.05) is 4.90 Å². The average Bonchev–Trinajstić information content (AvgIpc) is 3.14. The fourth-order valence-electron chi connectivity index (χ4n) is 3.50. The van der Waals surface area contributed by atoms with Crippen LogP contribution in [0.25, 0.3) is 0 Å². The van der Waals surface area contributed by atoms with Crippen LogP contribution in [-0.4, -0.2) is 91.9 Å². The summed E-state index contributed by atoms with van der Waals surface area (Å²) >= 11 is 0. The normalized spacial score (nSPS) is 22.4. The summed E-state index contributed by atoms with van der Waals surface area (Å²) in [7, 11) is -3.56. The van der Waals surface area contributed by atoms with E-state index in [1.165, 1.54) is 10.5 Å². The number of pyridine rings is 1. The van der Waals surface area contributed by atoms with Gasteiger partial charge in [-0.15, -0.1) is 0 Å². The van der Waals surface area contributed by atoms with Crippen molar-refractivity contribution in [2.24, 2.45) is 0 Å². The highest BCUT2D eigenvalue weighted by atomic mass is 32.2. The third kappa shape index (κ3) is 4.40. The Balaban J connectivity index is 1.62. The molecule has 0 saturated carbocycles. The van der Waals surface area contributed by atoms with Crippen molar-refractivity contribution < 1.29 is 17.9 Å². The second-order valence-corrected chi connectivity index (χ2v) is 8.60. The molecule has 0 aromatic carbocycles. The number of amides is 1. The zero-order valence-corrected chi connectivity index (χ0v) is 15.9. The number of rotatable bonds is 6. The van der Waals surface area contributed by atoms with E-state index in [9.17, 15) is 13.2 Å². The number of hydrogen-bond acceptors (Lipinski definition) is 6. The van der Waals surface area contributed by atoms with E-state index < -0.39 is 10.0 Å². The summed E-state index contributed by atoms with van der Waals surface area (Å²) in [6.45, 7) is 6.90. The maximum Gasteiger partial charge on any atom is 0.244 e. The highest BCUT2D eigenvalue weighted by molar-refractivity contribution is 7.89. The van der Waals surface area contributed by atoms with Crippen molar-refractivity contribution in [1.82, 2.24) is 19.1 Å². The highest BCUT2D eigenvalue weighted by Crippen LogP contribution is 2.23. The van der Waals surface area contributed by atoms with Crippen LogP contribution in [0.1, 0.15) is 13.3 Å². The van der Waals surface area contributed by atoms with Gasteiger partial charge >= 0.3 is 0 Å². The zero-order chi connectivity index (χ0) is 18.6. The molecule has 8 nitrogen and oxygen atoms in total. The van der Waals surface area contributed by atoms with Crippen molar-refractivity contribution in [3.05, 3.63) is 24.5 Å². The Labute approximate surface area is 154 Å². The number of sulfonamides is 1. The molecule has 1 unspecified atom stereocenters. The largest absolute Gasteiger partial charge is 0.379 e. The molecule has 0 aliphatic carbocycles. The van der Waals surface area contributed by atoms with Gasteiger partial charge in [-0.2, -0.15) is 4.31 Å². The third-order valence-electron chi connectivity index (χ3n) is 5.00. The van der Waals surface area contributed by atoms with Crippen LogP contribution >= 0.6 is 0 Å². The van der Waals surface area contributed by atoms with E-state index >= 15 is 0 Å². The summed E-state index contributed by atoms with van der Waals surface area (Å²) in [6, 6.07) is 3.08. The number of carbonyl (C=O) groups excluding carboxylic acids is 1. The molecule has 1 aromatic heterocycles. The van der Waals surface area contributed by atoms with E-state index in [1.54, 1.807) is 25.3 Å². The van der Waals surface area contributed by atoms with Crippen LogP contribution in [-0.2, 0) is 19.6 Å². The topological polar surface area (TPSA) is 83.0 Å². The maximum absolute atomic E-state index is 12.7. The van der Waals surface area contributed by atoms with E-state index in [0.29, 0.717) is 26.1 Å². The SMILES string of the molecule is CC(=O)N(CCN1CCOCC1)C1CCN(S(=O)(=O)c2cccnc2)C1. The van der Waals surface area contributed by atoms with Gasteiger partial charge in [0.25, 0.3) is 0 Å². The average molecular weight is 382 g/mol. The lowest BCUT2D eigenvalue weighted by Gasteiger charge is -2.32. The van der Waals surface area contributed by atoms with Gasteiger partial charge in [0.05, 0.1) is 13.2 Å². The van der Waals surface area contributed by atoms with Gasteiger partial charge in [0, 0.05) is 64.6 Å². The molecule has 2 fully saturated rings. The van der Waals surface area contributed by atoms with Crippen molar-refractivity contribution in [3.63, 3.8) is 0 Å². The van der Waals surface area contributed by atoms with Crippen LogP contribution in [0.5, 0.6) is 0 Å². The lowest BCUT2D eigenvalue weighted by Crippen LogP contribution is -2.47. The smallest absolute Gasteiger partial charge is 0.244 e. The van der Waals surface area contributed by atoms with E-state index in [2.05, 4.69) is 9.88 Å². The minimum Gasteiger partial charge on any atom is -0.379 e. The molecule has 0 N–H and O–H groups in total. The Morgan fingerprint density at radius 3 is 2.77 bits per heavy atom. The second-order valence-electron chi connectivity index (χ2n) is 6.66. The van der Waals surface area contributed by atoms with Gasteiger partial charge in [0.15, 0.2) is 0 Å². The van der Waals surface area contributed by atoms with Crippen molar-refractivity contribution in [1.29, 1.82) is 0 Å². The molecule has 3 heterocycles. The Bertz CT molecular complexity index is 707. The quantitative estimate of drug-likeness (QED) is 0.690. The van der Waals surface area contributed by atoms with Crippen LogP contribution in [0.4, 0.5) is 0 Å². The molecule has 9 heteroatoms. The second kappa shape index (κ2) is 8.43. The Hall–Kier alpha value is -1.55. The van der Waals surface area contributed by atoms with Crippen LogP contribution < -0.4 is 0 Å². The van der Waals surface area contributed by atoms with Crippen molar-refractivity contribution in [2.75, 3.05) is 52.5 Å². The summed E-state index contributed by atoms with van der Waals surface area (Å²) < 4.78 is 32.3. The summed E-state index contributed by atoms with van der Waals surface area (Å²) in [5.41, 5.74) is 0. The minimum atomic E-state index is -3.56. The fraction of sp³-hybridized carbons (Fsp3) is 0.647. The molecule has 3 rings (SSSR count). The van der Waals surface area contributed by atoms with Crippen molar-refractivity contribution >= 4 is 15.9 Å². The molecule has 1 atom stereocenters. The first-order valence-electron chi connectivity index (χ1n) is 8.96. The first kappa shape index (κ1) is 19.2. The molecular weight excluding hydrogens is 356 g/mol. The van der Waals surface area contributed by atoms with Crippen molar-refractivity contribution in [3.8, 4) is 0 Å². The summed E-state index contributed by atoms with van der Waals surface area (Å²) in [6.07, 6.45) is 3.57. The fourth-order valence-corrected chi connectivity index (χ4v) is 4.96. The van der Waals surface area contributed by atoms with Gasteiger partial charge in [-0.1, -0.05) is 0 Å². The van der Waals surface area contributed by atoms with Gasteiger partial charge in [0.2, 0.25) is 15.9 Å².